The van der Waals surface area contributed by atoms with Gasteiger partial charge in [-0.25, -0.2) is 0 Å². The molecule has 0 heterocycles. The first kappa shape index (κ1) is 12.1. The van der Waals surface area contributed by atoms with Crippen molar-refractivity contribution in [1.82, 2.24) is 5.32 Å². The highest BCUT2D eigenvalue weighted by atomic mass is 16.3. The molecule has 2 heteroatoms. The van der Waals surface area contributed by atoms with Gasteiger partial charge in [0.2, 0.25) is 0 Å². The van der Waals surface area contributed by atoms with E-state index in [1.165, 1.54) is 5.56 Å². The number of nitrogens with one attached hydrogen (secondary N) is 1. The summed E-state index contributed by atoms with van der Waals surface area (Å²) in [5, 5.41) is 12.8. The third-order valence-corrected chi connectivity index (χ3v) is 2.64. The van der Waals surface area contributed by atoms with Crippen molar-refractivity contribution in [3.63, 3.8) is 0 Å². The van der Waals surface area contributed by atoms with Crippen LogP contribution in [0.3, 0.4) is 0 Å². The number of likely N-dealkylation sites (N-methyl/N-ethyl adjacent to an activating group) is 1. The zero-order valence-corrected chi connectivity index (χ0v) is 9.83. The molecule has 1 unspecified atom stereocenters. The predicted octanol–water partition coefficient (Wildman–Crippen LogP) is 2.57. The van der Waals surface area contributed by atoms with E-state index in [4.69, 9.17) is 0 Å². The van der Waals surface area contributed by atoms with E-state index in [1.54, 1.807) is 6.07 Å². The van der Waals surface area contributed by atoms with E-state index in [-0.39, 0.29) is 0 Å². The molecule has 15 heavy (non-hydrogen) atoms. The Morgan fingerprint density at radius 3 is 2.60 bits per heavy atom. The summed E-state index contributed by atoms with van der Waals surface area (Å²) in [6.45, 7) is 7.55. The number of hydrogen-bond acceptors (Lipinski definition) is 2. The molecule has 0 aliphatic heterocycles. The fraction of sp³-hybridized carbons (Fsp3) is 0.538. The first-order valence-corrected chi connectivity index (χ1v) is 5.64. The molecule has 0 amide bonds. The van der Waals surface area contributed by atoms with Crippen LogP contribution >= 0.6 is 0 Å². The van der Waals surface area contributed by atoms with Gasteiger partial charge in [0.15, 0.2) is 0 Å². The van der Waals surface area contributed by atoms with Gasteiger partial charge >= 0.3 is 0 Å². The van der Waals surface area contributed by atoms with Crippen molar-refractivity contribution in [2.75, 3.05) is 6.54 Å². The largest absolute Gasteiger partial charge is 0.508 e. The van der Waals surface area contributed by atoms with E-state index in [1.807, 2.05) is 12.1 Å². The first-order valence-electron chi connectivity index (χ1n) is 5.64. The second-order valence-electron chi connectivity index (χ2n) is 4.28. The van der Waals surface area contributed by atoms with Crippen molar-refractivity contribution in [3.8, 4) is 5.75 Å². The molecule has 0 radical (unpaired) electrons. The lowest BCUT2D eigenvalue weighted by molar-refractivity contribution is 0.404. The lowest BCUT2D eigenvalue weighted by atomic mass is 9.96. The van der Waals surface area contributed by atoms with Crippen molar-refractivity contribution in [1.29, 1.82) is 0 Å². The minimum atomic E-state index is 0.353. The SMILES string of the molecule is CCNC(Cc1cccc(O)c1)C(C)C. The van der Waals surface area contributed by atoms with Crippen LogP contribution in [0.15, 0.2) is 24.3 Å². The van der Waals surface area contributed by atoms with E-state index in [0.29, 0.717) is 17.7 Å². The highest BCUT2D eigenvalue weighted by Gasteiger charge is 2.12. The third-order valence-electron chi connectivity index (χ3n) is 2.64. The van der Waals surface area contributed by atoms with Gasteiger partial charge < -0.3 is 10.4 Å². The fourth-order valence-electron chi connectivity index (χ4n) is 1.74. The first-order chi connectivity index (χ1) is 7.13. The standard InChI is InChI=1S/C13H21NO/c1-4-14-13(10(2)3)9-11-6-5-7-12(15)8-11/h5-8,10,13-15H,4,9H2,1-3H3. The molecule has 0 aliphatic rings. The highest BCUT2D eigenvalue weighted by molar-refractivity contribution is 5.27. The summed E-state index contributed by atoms with van der Waals surface area (Å²) in [5.74, 6) is 0.957. The molecule has 0 fully saturated rings. The summed E-state index contributed by atoms with van der Waals surface area (Å²) in [4.78, 5) is 0. The molecule has 0 spiro atoms. The molecule has 84 valence electrons. The monoisotopic (exact) mass is 207 g/mol. The molecule has 0 aliphatic carbocycles. The summed E-state index contributed by atoms with van der Waals surface area (Å²) < 4.78 is 0. The molecule has 1 aromatic carbocycles. The molecule has 0 saturated carbocycles. The number of phenols is 1. The summed E-state index contributed by atoms with van der Waals surface area (Å²) in [5.41, 5.74) is 1.19. The number of aromatic hydroxyl groups is 1. The highest BCUT2D eigenvalue weighted by Crippen LogP contribution is 2.15. The van der Waals surface area contributed by atoms with Gasteiger partial charge in [-0.3, -0.25) is 0 Å². The Morgan fingerprint density at radius 1 is 1.33 bits per heavy atom. The molecular formula is C13H21NO. The minimum absolute atomic E-state index is 0.353. The molecule has 1 aromatic rings. The summed E-state index contributed by atoms with van der Waals surface area (Å²) >= 11 is 0. The van der Waals surface area contributed by atoms with Crippen molar-refractivity contribution < 1.29 is 5.11 Å². The number of benzene rings is 1. The van der Waals surface area contributed by atoms with Crippen LogP contribution in [0.25, 0.3) is 0 Å². The van der Waals surface area contributed by atoms with Crippen LogP contribution in [0.2, 0.25) is 0 Å². The number of hydrogen-bond donors (Lipinski definition) is 2. The van der Waals surface area contributed by atoms with E-state index < -0.39 is 0 Å². The molecule has 0 bridgehead atoms. The normalized spacial score (nSPS) is 13.1. The second kappa shape index (κ2) is 5.76. The Hall–Kier alpha value is -1.02. The van der Waals surface area contributed by atoms with Crippen LogP contribution in [0.5, 0.6) is 5.75 Å². The molecule has 0 saturated heterocycles. The third kappa shape index (κ3) is 3.92. The Morgan fingerprint density at radius 2 is 2.07 bits per heavy atom. The van der Waals surface area contributed by atoms with Gasteiger partial charge in [0.05, 0.1) is 0 Å². The second-order valence-corrected chi connectivity index (χ2v) is 4.28. The van der Waals surface area contributed by atoms with Gasteiger partial charge in [0.25, 0.3) is 0 Å². The molecule has 1 atom stereocenters. The summed E-state index contributed by atoms with van der Waals surface area (Å²) in [7, 11) is 0. The van der Waals surface area contributed by atoms with Crippen LogP contribution in [0.1, 0.15) is 26.3 Å². The predicted molar refractivity (Wildman–Crippen MR) is 64.1 cm³/mol. The van der Waals surface area contributed by atoms with E-state index >= 15 is 0 Å². The quantitative estimate of drug-likeness (QED) is 0.777. The summed E-state index contributed by atoms with van der Waals surface area (Å²) in [6.07, 6.45) is 0.972. The topological polar surface area (TPSA) is 32.3 Å². The number of phenolic OH excluding ortho intramolecular Hbond substituents is 1. The van der Waals surface area contributed by atoms with Crippen molar-refractivity contribution >= 4 is 0 Å². The van der Waals surface area contributed by atoms with Gasteiger partial charge in [-0.15, -0.1) is 0 Å². The van der Waals surface area contributed by atoms with Gasteiger partial charge in [0.1, 0.15) is 5.75 Å². The van der Waals surface area contributed by atoms with Crippen LogP contribution in [0.4, 0.5) is 0 Å². The van der Waals surface area contributed by atoms with Crippen LogP contribution in [-0.4, -0.2) is 17.7 Å². The average molecular weight is 207 g/mol. The minimum Gasteiger partial charge on any atom is -0.508 e. The molecule has 1 rings (SSSR count). The maximum atomic E-state index is 9.37. The molecule has 2 N–H and O–H groups in total. The lowest BCUT2D eigenvalue weighted by Crippen LogP contribution is -2.35. The van der Waals surface area contributed by atoms with E-state index in [9.17, 15) is 5.11 Å². The van der Waals surface area contributed by atoms with Crippen LogP contribution in [0, 0.1) is 5.92 Å². The Kier molecular flexibility index (Phi) is 4.63. The van der Waals surface area contributed by atoms with Crippen LogP contribution < -0.4 is 5.32 Å². The maximum absolute atomic E-state index is 9.37. The zero-order valence-electron chi connectivity index (χ0n) is 9.83. The molecule has 0 aromatic heterocycles. The van der Waals surface area contributed by atoms with Crippen molar-refractivity contribution in [2.24, 2.45) is 5.92 Å². The van der Waals surface area contributed by atoms with Crippen molar-refractivity contribution in [2.45, 2.75) is 33.2 Å². The van der Waals surface area contributed by atoms with Gasteiger partial charge in [-0.1, -0.05) is 32.9 Å². The van der Waals surface area contributed by atoms with Crippen molar-refractivity contribution in [3.05, 3.63) is 29.8 Å². The van der Waals surface area contributed by atoms with E-state index in [0.717, 1.165) is 13.0 Å². The van der Waals surface area contributed by atoms with Gasteiger partial charge in [-0.2, -0.15) is 0 Å². The van der Waals surface area contributed by atoms with Crippen LogP contribution in [-0.2, 0) is 6.42 Å². The van der Waals surface area contributed by atoms with E-state index in [2.05, 4.69) is 32.2 Å². The smallest absolute Gasteiger partial charge is 0.115 e. The Bertz CT molecular complexity index is 296. The zero-order chi connectivity index (χ0) is 11.3. The average Bonchev–Trinajstić information content (AvgIpc) is 2.17. The fourth-order valence-corrected chi connectivity index (χ4v) is 1.74. The molecule has 2 nitrogen and oxygen atoms in total. The summed E-state index contributed by atoms with van der Waals surface area (Å²) in [6, 6.07) is 7.99. The van der Waals surface area contributed by atoms with Gasteiger partial charge in [-0.05, 0) is 36.6 Å². The lowest BCUT2D eigenvalue weighted by Gasteiger charge is -2.21. The maximum Gasteiger partial charge on any atom is 0.115 e. The number of rotatable bonds is 5. The van der Waals surface area contributed by atoms with Gasteiger partial charge in [0, 0.05) is 6.04 Å². The Balaban J connectivity index is 2.65. The Labute approximate surface area is 92.3 Å². The molecular weight excluding hydrogens is 186 g/mol.